The number of likely N-dealkylation sites (tertiary alicyclic amines) is 1. The minimum absolute atomic E-state index is 0.100. The fourth-order valence-electron chi connectivity index (χ4n) is 5.76. The van der Waals surface area contributed by atoms with Crippen molar-refractivity contribution in [1.82, 2.24) is 4.90 Å². The second kappa shape index (κ2) is 10.7. The van der Waals surface area contributed by atoms with Crippen LogP contribution in [0.1, 0.15) is 53.5 Å². The van der Waals surface area contributed by atoms with E-state index in [0.717, 1.165) is 25.9 Å². The molecule has 7 heteroatoms. The third kappa shape index (κ3) is 5.73. The van der Waals surface area contributed by atoms with Gasteiger partial charge in [0.25, 0.3) is 0 Å². The number of carboxylic acid groups (broad SMARTS) is 2. The minimum atomic E-state index is -1.26. The van der Waals surface area contributed by atoms with Crippen LogP contribution in [-0.2, 0) is 22.4 Å². The number of nitrogens with zero attached hydrogens (tertiary/aromatic N) is 1. The monoisotopic (exact) mass is 492 g/mol. The number of fused-ring (bicyclic) bond motifs is 3. The van der Waals surface area contributed by atoms with Gasteiger partial charge in [-0.25, -0.2) is 9.59 Å². The highest BCUT2D eigenvalue weighted by Crippen LogP contribution is 2.46. The van der Waals surface area contributed by atoms with Gasteiger partial charge in [0.1, 0.15) is 11.4 Å². The fraction of sp³-hybridized carbons (Fsp3) is 0.448. The van der Waals surface area contributed by atoms with E-state index in [9.17, 15) is 9.59 Å². The zero-order chi connectivity index (χ0) is 25.9. The van der Waals surface area contributed by atoms with Crippen molar-refractivity contribution in [2.75, 3.05) is 31.5 Å². The maximum atomic E-state index is 9.55. The summed E-state index contributed by atoms with van der Waals surface area (Å²) in [7, 11) is 0. The second-order valence-corrected chi connectivity index (χ2v) is 10.3. The summed E-state index contributed by atoms with van der Waals surface area (Å²) in [6.07, 6.45) is 5.81. The summed E-state index contributed by atoms with van der Waals surface area (Å²) in [6.45, 7) is 11.2. The number of anilines is 1. The van der Waals surface area contributed by atoms with Crippen LogP contribution in [0.3, 0.4) is 0 Å². The molecule has 0 saturated carbocycles. The van der Waals surface area contributed by atoms with Gasteiger partial charge in [0.2, 0.25) is 0 Å². The summed E-state index contributed by atoms with van der Waals surface area (Å²) in [4.78, 5) is 21.7. The summed E-state index contributed by atoms with van der Waals surface area (Å²) in [5.41, 5.74) is 8.49. The number of aliphatic carboxylic acids is 2. The zero-order valence-electron chi connectivity index (χ0n) is 21.3. The first-order valence-corrected chi connectivity index (χ1v) is 12.7. The topological polar surface area (TPSA) is 99.1 Å². The lowest BCUT2D eigenvalue weighted by molar-refractivity contribution is -0.134. The molecule has 1 atom stereocenters. The molecule has 192 valence electrons. The number of carboxylic acids is 2. The number of nitrogens with one attached hydrogen (secondary N) is 1. The Balaban J connectivity index is 0.000000331. The lowest BCUT2D eigenvalue weighted by Gasteiger charge is -2.37. The highest BCUT2D eigenvalue weighted by atomic mass is 16.5. The minimum Gasteiger partial charge on any atom is -0.485 e. The first kappa shape index (κ1) is 25.8. The van der Waals surface area contributed by atoms with E-state index in [1.165, 1.54) is 65.2 Å². The SMILES string of the molecule is Cc1c(C)c2c(c3c1NCC3)CC(C)(CN1CCC(c3ccccc3)CC1)O2.O=C(O)/C=C/C(=O)O. The molecule has 0 aromatic heterocycles. The maximum Gasteiger partial charge on any atom is 0.328 e. The number of hydrogen-bond donors (Lipinski definition) is 3. The molecule has 3 aliphatic rings. The van der Waals surface area contributed by atoms with Gasteiger partial charge in [-0.2, -0.15) is 0 Å². The molecule has 36 heavy (non-hydrogen) atoms. The molecule has 2 aromatic rings. The average molecular weight is 493 g/mol. The summed E-state index contributed by atoms with van der Waals surface area (Å²) in [5, 5.41) is 19.2. The van der Waals surface area contributed by atoms with Crippen molar-refractivity contribution in [2.24, 2.45) is 0 Å². The van der Waals surface area contributed by atoms with Crippen LogP contribution in [0, 0.1) is 13.8 Å². The molecule has 2 aromatic carbocycles. The van der Waals surface area contributed by atoms with Gasteiger partial charge in [-0.15, -0.1) is 0 Å². The molecule has 0 bridgehead atoms. The van der Waals surface area contributed by atoms with Crippen molar-refractivity contribution < 1.29 is 24.5 Å². The van der Waals surface area contributed by atoms with Gasteiger partial charge in [-0.3, -0.25) is 4.90 Å². The molecule has 3 aliphatic heterocycles. The van der Waals surface area contributed by atoms with Crippen LogP contribution in [0.15, 0.2) is 42.5 Å². The van der Waals surface area contributed by atoms with Crippen LogP contribution in [0.4, 0.5) is 5.69 Å². The number of hydrogen-bond acceptors (Lipinski definition) is 5. The molecule has 5 rings (SSSR count). The third-order valence-electron chi connectivity index (χ3n) is 7.58. The van der Waals surface area contributed by atoms with Gasteiger partial charge in [0, 0.05) is 42.9 Å². The van der Waals surface area contributed by atoms with Crippen LogP contribution >= 0.6 is 0 Å². The van der Waals surface area contributed by atoms with E-state index in [1.807, 2.05) is 0 Å². The lowest BCUT2D eigenvalue weighted by Crippen LogP contribution is -2.47. The Bertz CT molecular complexity index is 1140. The first-order valence-electron chi connectivity index (χ1n) is 12.7. The van der Waals surface area contributed by atoms with Crippen LogP contribution in [0.2, 0.25) is 0 Å². The molecule has 1 saturated heterocycles. The molecule has 1 unspecified atom stereocenters. The highest BCUT2D eigenvalue weighted by Gasteiger charge is 2.41. The Morgan fingerprint density at radius 3 is 2.31 bits per heavy atom. The van der Waals surface area contributed by atoms with Crippen molar-refractivity contribution >= 4 is 17.6 Å². The molecule has 7 nitrogen and oxygen atoms in total. The molecule has 3 heterocycles. The Kier molecular flexibility index (Phi) is 7.69. The molecular weight excluding hydrogens is 456 g/mol. The van der Waals surface area contributed by atoms with Crippen LogP contribution in [0.5, 0.6) is 5.75 Å². The molecule has 1 fully saturated rings. The molecule has 0 amide bonds. The quantitative estimate of drug-likeness (QED) is 0.527. The smallest absolute Gasteiger partial charge is 0.328 e. The van der Waals surface area contributed by atoms with Gasteiger partial charge < -0.3 is 20.3 Å². The number of benzene rings is 2. The average Bonchev–Trinajstić information content (AvgIpc) is 3.48. The van der Waals surface area contributed by atoms with Gasteiger partial charge in [-0.1, -0.05) is 30.3 Å². The second-order valence-electron chi connectivity index (χ2n) is 10.3. The summed E-state index contributed by atoms with van der Waals surface area (Å²) in [6, 6.07) is 11.0. The highest BCUT2D eigenvalue weighted by molar-refractivity contribution is 5.89. The maximum absolute atomic E-state index is 9.55. The molecule has 0 spiro atoms. The van der Waals surface area contributed by atoms with Crippen molar-refractivity contribution in [3.05, 3.63) is 70.3 Å². The van der Waals surface area contributed by atoms with E-state index < -0.39 is 11.9 Å². The van der Waals surface area contributed by atoms with Gasteiger partial charge in [0.05, 0.1) is 0 Å². The van der Waals surface area contributed by atoms with E-state index in [-0.39, 0.29) is 5.60 Å². The third-order valence-corrected chi connectivity index (χ3v) is 7.58. The van der Waals surface area contributed by atoms with E-state index in [2.05, 4.69) is 61.3 Å². The number of rotatable bonds is 5. The largest absolute Gasteiger partial charge is 0.485 e. The first-order chi connectivity index (χ1) is 17.2. The van der Waals surface area contributed by atoms with Crippen LogP contribution in [0.25, 0.3) is 0 Å². The molecule has 0 aliphatic carbocycles. The van der Waals surface area contributed by atoms with Gasteiger partial charge in [-0.05, 0) is 81.3 Å². The van der Waals surface area contributed by atoms with E-state index in [0.29, 0.717) is 18.1 Å². The standard InChI is InChI=1S/C25H32N2O.C4H4O4/c1-17-18(2)24-22(21-9-12-26-23(17)21)15-25(3,28-24)16-27-13-10-20(11-14-27)19-7-5-4-6-8-19;5-3(6)1-2-4(7)8/h4-8,20,26H,9-16H2,1-3H3;1-2H,(H,5,6)(H,7,8)/b;2-1+. The summed E-state index contributed by atoms with van der Waals surface area (Å²) >= 11 is 0. The lowest BCUT2D eigenvalue weighted by atomic mass is 9.88. The Labute approximate surface area is 212 Å². The normalized spacial score (nSPS) is 21.2. The molecule has 3 N–H and O–H groups in total. The van der Waals surface area contributed by atoms with Crippen molar-refractivity contribution in [3.63, 3.8) is 0 Å². The number of ether oxygens (including phenoxy) is 1. The van der Waals surface area contributed by atoms with E-state index >= 15 is 0 Å². The van der Waals surface area contributed by atoms with Crippen molar-refractivity contribution in [2.45, 2.75) is 58.0 Å². The molecular formula is C29H36N2O5. The van der Waals surface area contributed by atoms with E-state index in [1.54, 1.807) is 0 Å². The Morgan fingerprint density at radius 2 is 1.69 bits per heavy atom. The van der Waals surface area contributed by atoms with Crippen LogP contribution in [-0.4, -0.2) is 58.8 Å². The van der Waals surface area contributed by atoms with Crippen molar-refractivity contribution in [3.8, 4) is 5.75 Å². The predicted octanol–water partition coefficient (Wildman–Crippen LogP) is 4.56. The van der Waals surface area contributed by atoms with E-state index in [4.69, 9.17) is 14.9 Å². The summed E-state index contributed by atoms with van der Waals surface area (Å²) < 4.78 is 6.68. The van der Waals surface area contributed by atoms with Crippen molar-refractivity contribution in [1.29, 1.82) is 0 Å². The Morgan fingerprint density at radius 1 is 1.06 bits per heavy atom. The number of piperidine rings is 1. The fourth-order valence-corrected chi connectivity index (χ4v) is 5.76. The zero-order valence-corrected chi connectivity index (χ0v) is 21.3. The summed E-state index contributed by atoms with van der Waals surface area (Å²) in [5.74, 6) is -0.618. The number of carbonyl (C=O) groups is 2. The molecule has 0 radical (unpaired) electrons. The van der Waals surface area contributed by atoms with Gasteiger partial charge >= 0.3 is 11.9 Å². The van der Waals surface area contributed by atoms with Gasteiger partial charge in [0.15, 0.2) is 0 Å². The Hall–Kier alpha value is -3.32. The predicted molar refractivity (Wildman–Crippen MR) is 140 cm³/mol. The van der Waals surface area contributed by atoms with Crippen LogP contribution < -0.4 is 10.1 Å².